The van der Waals surface area contributed by atoms with E-state index in [4.69, 9.17) is 11.6 Å². The highest BCUT2D eigenvalue weighted by atomic mass is 35.5. The molecule has 1 nitrogen and oxygen atoms in total. The van der Waals surface area contributed by atoms with Gasteiger partial charge in [0.05, 0.1) is 0 Å². The van der Waals surface area contributed by atoms with Gasteiger partial charge in [0.25, 0.3) is 0 Å². The Morgan fingerprint density at radius 3 is 2.40 bits per heavy atom. The van der Waals surface area contributed by atoms with Crippen LogP contribution in [0.25, 0.3) is 10.8 Å². The van der Waals surface area contributed by atoms with E-state index in [1.807, 2.05) is 6.07 Å². The van der Waals surface area contributed by atoms with Crippen LogP contribution in [0.3, 0.4) is 0 Å². The van der Waals surface area contributed by atoms with Crippen molar-refractivity contribution in [3.05, 3.63) is 47.0 Å². The molecule has 2 aromatic carbocycles. The number of nitrogens with one attached hydrogen (secondary N) is 1. The lowest BCUT2D eigenvalue weighted by atomic mass is 9.89. The van der Waals surface area contributed by atoms with Gasteiger partial charge in [-0.05, 0) is 35.9 Å². The molecule has 2 heteroatoms. The maximum atomic E-state index is 6.33. The molecule has 0 aliphatic carbocycles. The second kappa shape index (κ2) is 7.10. The van der Waals surface area contributed by atoms with Crippen LogP contribution in [0.1, 0.15) is 45.2 Å². The summed E-state index contributed by atoms with van der Waals surface area (Å²) < 4.78 is 0. The van der Waals surface area contributed by atoms with E-state index in [1.165, 1.54) is 17.4 Å². The first-order chi connectivity index (χ1) is 9.69. The lowest BCUT2D eigenvalue weighted by Gasteiger charge is -2.26. The summed E-state index contributed by atoms with van der Waals surface area (Å²) in [7, 11) is 0. The van der Waals surface area contributed by atoms with Crippen LogP contribution in [0.4, 0.5) is 0 Å². The Morgan fingerprint density at radius 2 is 1.75 bits per heavy atom. The van der Waals surface area contributed by atoms with E-state index in [0.717, 1.165) is 23.4 Å². The van der Waals surface area contributed by atoms with E-state index in [0.29, 0.717) is 12.0 Å². The van der Waals surface area contributed by atoms with Crippen molar-refractivity contribution in [2.45, 2.75) is 39.7 Å². The lowest BCUT2D eigenvalue weighted by molar-refractivity contribution is 0.379. The maximum Gasteiger partial charge on any atom is 0.0484 e. The lowest BCUT2D eigenvalue weighted by Crippen LogP contribution is -2.27. The minimum Gasteiger partial charge on any atom is -0.310 e. The molecule has 0 heterocycles. The van der Waals surface area contributed by atoms with Crippen molar-refractivity contribution in [2.75, 3.05) is 6.54 Å². The van der Waals surface area contributed by atoms with Crippen LogP contribution >= 0.6 is 11.6 Å². The van der Waals surface area contributed by atoms with Crippen molar-refractivity contribution < 1.29 is 0 Å². The molecule has 0 fully saturated rings. The molecule has 1 N–H and O–H groups in total. The summed E-state index contributed by atoms with van der Waals surface area (Å²) in [5.74, 6) is 0.603. The zero-order chi connectivity index (χ0) is 14.5. The fraction of sp³-hybridized carbons (Fsp3) is 0.444. The molecule has 2 rings (SSSR count). The Hall–Kier alpha value is -1.05. The van der Waals surface area contributed by atoms with Gasteiger partial charge in [0.1, 0.15) is 0 Å². The molecule has 0 amide bonds. The minimum absolute atomic E-state index is 0.391. The number of halogens is 1. The second-order valence-corrected chi connectivity index (χ2v) is 5.91. The summed E-state index contributed by atoms with van der Waals surface area (Å²) in [5.41, 5.74) is 1.37. The number of hydrogen-bond acceptors (Lipinski definition) is 1. The fourth-order valence-electron chi connectivity index (χ4n) is 2.71. The van der Waals surface area contributed by atoms with Gasteiger partial charge in [-0.1, -0.05) is 69.1 Å². The zero-order valence-corrected chi connectivity index (χ0v) is 13.4. The number of rotatable bonds is 6. The van der Waals surface area contributed by atoms with Crippen molar-refractivity contribution in [3.8, 4) is 0 Å². The topological polar surface area (TPSA) is 12.0 Å². The molecule has 0 radical (unpaired) electrons. The van der Waals surface area contributed by atoms with E-state index >= 15 is 0 Å². The first-order valence-electron chi connectivity index (χ1n) is 7.59. The summed E-state index contributed by atoms with van der Waals surface area (Å²) in [4.78, 5) is 0. The highest BCUT2D eigenvalue weighted by Gasteiger charge is 2.19. The Labute approximate surface area is 127 Å². The van der Waals surface area contributed by atoms with E-state index < -0.39 is 0 Å². The van der Waals surface area contributed by atoms with Gasteiger partial charge in [0, 0.05) is 16.5 Å². The number of benzene rings is 2. The summed E-state index contributed by atoms with van der Waals surface area (Å²) >= 11 is 6.33. The van der Waals surface area contributed by atoms with Crippen molar-refractivity contribution in [1.29, 1.82) is 0 Å². The van der Waals surface area contributed by atoms with Gasteiger partial charge in [0.2, 0.25) is 0 Å². The van der Waals surface area contributed by atoms with Crippen LogP contribution in [-0.4, -0.2) is 6.54 Å². The van der Waals surface area contributed by atoms with Crippen molar-refractivity contribution >= 4 is 22.4 Å². The molecule has 0 saturated carbocycles. The Balaban J connectivity index is 2.50. The second-order valence-electron chi connectivity index (χ2n) is 5.50. The standard InChI is InChI=1S/C18H24ClN/c1-4-12-20-18(13(3)5-2)16-10-11-17(19)15-9-7-6-8-14(15)16/h6-11,13,18,20H,4-5,12H2,1-3H3. The maximum absolute atomic E-state index is 6.33. The minimum atomic E-state index is 0.391. The summed E-state index contributed by atoms with van der Waals surface area (Å²) in [6.45, 7) is 7.83. The molecule has 0 aliphatic rings. The van der Waals surface area contributed by atoms with E-state index in [9.17, 15) is 0 Å². The molecule has 108 valence electrons. The highest BCUT2D eigenvalue weighted by molar-refractivity contribution is 6.35. The zero-order valence-electron chi connectivity index (χ0n) is 12.6. The van der Waals surface area contributed by atoms with Gasteiger partial charge in [-0.15, -0.1) is 0 Å². The average molecular weight is 290 g/mol. The van der Waals surface area contributed by atoms with Gasteiger partial charge in [-0.3, -0.25) is 0 Å². The van der Waals surface area contributed by atoms with E-state index in [2.05, 4.69) is 56.4 Å². The first kappa shape index (κ1) is 15.3. The SMILES string of the molecule is CCCNC(c1ccc(Cl)c2ccccc12)C(C)CC. The Morgan fingerprint density at radius 1 is 1.05 bits per heavy atom. The van der Waals surface area contributed by atoms with Crippen molar-refractivity contribution in [1.82, 2.24) is 5.32 Å². The Bertz CT molecular complexity index is 564. The Kier molecular flexibility index (Phi) is 5.45. The number of hydrogen-bond donors (Lipinski definition) is 1. The molecular weight excluding hydrogens is 266 g/mol. The van der Waals surface area contributed by atoms with Crippen LogP contribution in [0.15, 0.2) is 36.4 Å². The highest BCUT2D eigenvalue weighted by Crippen LogP contribution is 2.33. The molecule has 20 heavy (non-hydrogen) atoms. The van der Waals surface area contributed by atoms with Gasteiger partial charge >= 0.3 is 0 Å². The third kappa shape index (κ3) is 3.16. The van der Waals surface area contributed by atoms with Crippen LogP contribution < -0.4 is 5.32 Å². The van der Waals surface area contributed by atoms with E-state index in [1.54, 1.807) is 0 Å². The smallest absolute Gasteiger partial charge is 0.0484 e. The summed E-state index contributed by atoms with van der Waals surface area (Å²) in [5, 5.41) is 6.96. The summed E-state index contributed by atoms with van der Waals surface area (Å²) in [6, 6.07) is 13.0. The normalized spacial score (nSPS) is 14.4. The number of fused-ring (bicyclic) bond motifs is 1. The largest absolute Gasteiger partial charge is 0.310 e. The van der Waals surface area contributed by atoms with Crippen molar-refractivity contribution in [3.63, 3.8) is 0 Å². The average Bonchev–Trinajstić information content (AvgIpc) is 2.49. The molecule has 2 atom stereocenters. The molecule has 0 aromatic heterocycles. The predicted octanol–water partition coefficient (Wildman–Crippen LogP) is 5.58. The molecular formula is C18H24ClN. The fourth-order valence-corrected chi connectivity index (χ4v) is 2.94. The molecule has 0 saturated heterocycles. The third-order valence-electron chi connectivity index (χ3n) is 4.07. The van der Waals surface area contributed by atoms with Gasteiger partial charge in [0.15, 0.2) is 0 Å². The molecule has 0 aliphatic heterocycles. The predicted molar refractivity (Wildman–Crippen MR) is 89.4 cm³/mol. The molecule has 2 aromatic rings. The monoisotopic (exact) mass is 289 g/mol. The van der Waals surface area contributed by atoms with Crippen LogP contribution in [0.2, 0.25) is 5.02 Å². The van der Waals surface area contributed by atoms with Gasteiger partial charge < -0.3 is 5.32 Å². The summed E-state index contributed by atoms with van der Waals surface area (Å²) in [6.07, 6.45) is 2.32. The molecule has 2 unspecified atom stereocenters. The van der Waals surface area contributed by atoms with Crippen molar-refractivity contribution in [2.24, 2.45) is 5.92 Å². The van der Waals surface area contributed by atoms with Crippen LogP contribution in [0.5, 0.6) is 0 Å². The third-order valence-corrected chi connectivity index (χ3v) is 4.40. The quantitative estimate of drug-likeness (QED) is 0.732. The first-order valence-corrected chi connectivity index (χ1v) is 7.97. The molecule has 0 bridgehead atoms. The van der Waals surface area contributed by atoms with Crippen LogP contribution in [0, 0.1) is 5.92 Å². The molecule has 0 spiro atoms. The van der Waals surface area contributed by atoms with Gasteiger partial charge in [-0.2, -0.15) is 0 Å². The van der Waals surface area contributed by atoms with Crippen LogP contribution in [-0.2, 0) is 0 Å². The van der Waals surface area contributed by atoms with E-state index in [-0.39, 0.29) is 0 Å². The van der Waals surface area contributed by atoms with Gasteiger partial charge in [-0.25, -0.2) is 0 Å².